The molecule has 24 heavy (non-hydrogen) atoms. The molecule has 2 aromatic carbocycles. The summed E-state index contributed by atoms with van der Waals surface area (Å²) >= 11 is 0. The highest BCUT2D eigenvalue weighted by molar-refractivity contribution is 5.78. The molecule has 0 spiro atoms. The minimum absolute atomic E-state index is 0.0873. The van der Waals surface area contributed by atoms with Crippen LogP contribution in [-0.2, 0) is 24.2 Å². The Morgan fingerprint density at radius 1 is 1.17 bits per heavy atom. The Kier molecular flexibility index (Phi) is 5.49. The van der Waals surface area contributed by atoms with Crippen molar-refractivity contribution in [3.8, 4) is 5.75 Å². The molecule has 0 saturated heterocycles. The normalized spacial score (nSPS) is 14.0. The summed E-state index contributed by atoms with van der Waals surface area (Å²) < 4.78 is 5.45. The second-order valence-corrected chi connectivity index (χ2v) is 6.14. The molecule has 0 unspecified atom stereocenters. The third kappa shape index (κ3) is 4.15. The second kappa shape index (κ2) is 7.97. The summed E-state index contributed by atoms with van der Waals surface area (Å²) in [4.78, 5) is 14.4. The lowest BCUT2D eigenvalue weighted by Crippen LogP contribution is -2.40. The van der Waals surface area contributed by atoms with E-state index in [0.717, 1.165) is 31.7 Å². The van der Waals surface area contributed by atoms with Gasteiger partial charge in [-0.1, -0.05) is 42.5 Å². The molecule has 4 nitrogen and oxygen atoms in total. The minimum atomic E-state index is 0.0873. The highest BCUT2D eigenvalue weighted by Crippen LogP contribution is 2.27. The van der Waals surface area contributed by atoms with Crippen LogP contribution in [0.5, 0.6) is 5.75 Å². The molecule has 0 aliphatic carbocycles. The number of methoxy groups -OCH3 is 1. The molecule has 0 aromatic heterocycles. The summed E-state index contributed by atoms with van der Waals surface area (Å²) in [6.45, 7) is 2.79. The summed E-state index contributed by atoms with van der Waals surface area (Å²) in [5.41, 5.74) is 3.79. The predicted molar refractivity (Wildman–Crippen MR) is 95.1 cm³/mol. The van der Waals surface area contributed by atoms with Crippen molar-refractivity contribution in [3.05, 3.63) is 65.2 Å². The molecule has 0 atom stereocenters. The van der Waals surface area contributed by atoms with Gasteiger partial charge in [-0.05, 0) is 30.0 Å². The van der Waals surface area contributed by atoms with Crippen LogP contribution >= 0.6 is 0 Å². The summed E-state index contributed by atoms with van der Waals surface area (Å²) in [5.74, 6) is 1.01. The zero-order valence-corrected chi connectivity index (χ0v) is 14.1. The number of rotatable bonds is 6. The molecule has 1 amide bonds. The van der Waals surface area contributed by atoms with Crippen molar-refractivity contribution in [1.29, 1.82) is 0 Å². The molecule has 126 valence electrons. The third-order valence-corrected chi connectivity index (χ3v) is 4.47. The van der Waals surface area contributed by atoms with Gasteiger partial charge in [-0.15, -0.1) is 0 Å². The standard InChI is InChI=1S/C20H24N2O2/c1-24-19-9-5-8-17-11-13-22(14-18(17)19)15-20(23)21-12-10-16-6-3-2-4-7-16/h2-9H,10-15H2,1H3,(H,21,23). The van der Waals surface area contributed by atoms with Crippen LogP contribution in [0.3, 0.4) is 0 Å². The van der Waals surface area contributed by atoms with E-state index in [2.05, 4.69) is 28.4 Å². The van der Waals surface area contributed by atoms with E-state index in [4.69, 9.17) is 4.74 Å². The van der Waals surface area contributed by atoms with Crippen molar-refractivity contribution in [2.75, 3.05) is 26.7 Å². The number of carbonyl (C=O) groups is 1. The lowest BCUT2D eigenvalue weighted by molar-refractivity contribution is -0.122. The molecule has 0 fully saturated rings. The molecule has 0 bridgehead atoms. The highest BCUT2D eigenvalue weighted by Gasteiger charge is 2.20. The van der Waals surface area contributed by atoms with E-state index < -0.39 is 0 Å². The summed E-state index contributed by atoms with van der Waals surface area (Å²) in [6, 6.07) is 16.4. The van der Waals surface area contributed by atoms with Gasteiger partial charge >= 0.3 is 0 Å². The Morgan fingerprint density at radius 3 is 2.79 bits per heavy atom. The SMILES string of the molecule is COc1cccc2c1CN(CC(=O)NCCc1ccccc1)CC2. The van der Waals surface area contributed by atoms with Crippen molar-refractivity contribution in [2.24, 2.45) is 0 Å². The quantitative estimate of drug-likeness (QED) is 0.887. The first-order chi connectivity index (χ1) is 11.8. The fraction of sp³-hybridized carbons (Fsp3) is 0.350. The number of carbonyl (C=O) groups excluding carboxylic acids is 1. The van der Waals surface area contributed by atoms with Gasteiger partial charge in [-0.2, -0.15) is 0 Å². The van der Waals surface area contributed by atoms with Gasteiger partial charge in [0.2, 0.25) is 5.91 Å². The van der Waals surface area contributed by atoms with E-state index in [1.807, 2.05) is 30.3 Å². The van der Waals surface area contributed by atoms with Gasteiger partial charge in [0, 0.05) is 25.2 Å². The number of hydrogen-bond donors (Lipinski definition) is 1. The predicted octanol–water partition coefficient (Wildman–Crippen LogP) is 2.41. The summed E-state index contributed by atoms with van der Waals surface area (Å²) in [6.07, 6.45) is 1.83. The van der Waals surface area contributed by atoms with Gasteiger partial charge in [0.1, 0.15) is 5.75 Å². The van der Waals surface area contributed by atoms with Crippen molar-refractivity contribution >= 4 is 5.91 Å². The molecule has 1 heterocycles. The average molecular weight is 324 g/mol. The Balaban J connectivity index is 1.49. The van der Waals surface area contributed by atoms with Gasteiger partial charge in [0.15, 0.2) is 0 Å². The van der Waals surface area contributed by atoms with E-state index in [9.17, 15) is 4.79 Å². The Labute approximate surface area is 143 Å². The smallest absolute Gasteiger partial charge is 0.234 e. The molecule has 1 N–H and O–H groups in total. The minimum Gasteiger partial charge on any atom is -0.496 e. The van der Waals surface area contributed by atoms with Crippen molar-refractivity contribution in [1.82, 2.24) is 10.2 Å². The maximum atomic E-state index is 12.2. The van der Waals surface area contributed by atoms with Crippen LogP contribution < -0.4 is 10.1 Å². The maximum Gasteiger partial charge on any atom is 0.234 e. The number of hydrogen-bond acceptors (Lipinski definition) is 3. The van der Waals surface area contributed by atoms with Gasteiger partial charge < -0.3 is 10.1 Å². The Morgan fingerprint density at radius 2 is 2.00 bits per heavy atom. The number of ether oxygens (including phenoxy) is 1. The average Bonchev–Trinajstić information content (AvgIpc) is 2.62. The largest absolute Gasteiger partial charge is 0.496 e. The van der Waals surface area contributed by atoms with Crippen molar-refractivity contribution in [2.45, 2.75) is 19.4 Å². The van der Waals surface area contributed by atoms with E-state index in [1.165, 1.54) is 16.7 Å². The van der Waals surface area contributed by atoms with Crippen LogP contribution in [0.2, 0.25) is 0 Å². The first-order valence-corrected chi connectivity index (χ1v) is 8.44. The van der Waals surface area contributed by atoms with Crippen LogP contribution in [0.25, 0.3) is 0 Å². The lowest BCUT2D eigenvalue weighted by atomic mass is 9.99. The van der Waals surface area contributed by atoms with E-state index in [0.29, 0.717) is 13.1 Å². The Bertz CT molecular complexity index is 671. The fourth-order valence-corrected chi connectivity index (χ4v) is 3.18. The number of amides is 1. The van der Waals surface area contributed by atoms with Crippen molar-refractivity contribution < 1.29 is 9.53 Å². The number of fused-ring (bicyclic) bond motifs is 1. The van der Waals surface area contributed by atoms with Gasteiger partial charge in [-0.25, -0.2) is 0 Å². The monoisotopic (exact) mass is 324 g/mol. The second-order valence-electron chi connectivity index (χ2n) is 6.14. The molecular weight excluding hydrogens is 300 g/mol. The highest BCUT2D eigenvalue weighted by atomic mass is 16.5. The maximum absolute atomic E-state index is 12.2. The van der Waals surface area contributed by atoms with Crippen LogP contribution in [0.15, 0.2) is 48.5 Å². The first-order valence-electron chi connectivity index (χ1n) is 8.44. The third-order valence-electron chi connectivity index (χ3n) is 4.47. The molecule has 0 saturated carbocycles. The van der Waals surface area contributed by atoms with Crippen LogP contribution in [0.1, 0.15) is 16.7 Å². The van der Waals surface area contributed by atoms with Crippen molar-refractivity contribution in [3.63, 3.8) is 0 Å². The Hall–Kier alpha value is -2.33. The molecule has 4 heteroatoms. The topological polar surface area (TPSA) is 41.6 Å². The molecule has 1 aliphatic heterocycles. The van der Waals surface area contributed by atoms with Crippen LogP contribution in [0, 0.1) is 0 Å². The van der Waals surface area contributed by atoms with Gasteiger partial charge in [-0.3, -0.25) is 9.69 Å². The summed E-state index contributed by atoms with van der Waals surface area (Å²) in [7, 11) is 1.70. The van der Waals surface area contributed by atoms with E-state index in [-0.39, 0.29) is 5.91 Å². The number of nitrogens with zero attached hydrogens (tertiary/aromatic N) is 1. The first kappa shape index (κ1) is 16.5. The lowest BCUT2D eigenvalue weighted by Gasteiger charge is -2.29. The van der Waals surface area contributed by atoms with Gasteiger partial charge in [0.25, 0.3) is 0 Å². The van der Waals surface area contributed by atoms with E-state index in [1.54, 1.807) is 7.11 Å². The molecule has 2 aromatic rings. The fourth-order valence-electron chi connectivity index (χ4n) is 3.18. The molecule has 0 radical (unpaired) electrons. The number of benzene rings is 2. The molecule has 3 rings (SSSR count). The zero-order valence-electron chi connectivity index (χ0n) is 14.1. The molecular formula is C20H24N2O2. The number of nitrogens with one attached hydrogen (secondary N) is 1. The van der Waals surface area contributed by atoms with Crippen LogP contribution in [-0.4, -0.2) is 37.6 Å². The van der Waals surface area contributed by atoms with Crippen LogP contribution in [0.4, 0.5) is 0 Å². The van der Waals surface area contributed by atoms with Gasteiger partial charge in [0.05, 0.1) is 13.7 Å². The summed E-state index contributed by atoms with van der Waals surface area (Å²) in [5, 5.41) is 3.02. The molecule has 1 aliphatic rings. The zero-order chi connectivity index (χ0) is 16.8. The van der Waals surface area contributed by atoms with E-state index >= 15 is 0 Å².